The molecule has 0 bridgehead atoms. The first-order chi connectivity index (χ1) is 11.2. The van der Waals surface area contributed by atoms with Gasteiger partial charge in [0.15, 0.2) is 0 Å². The first kappa shape index (κ1) is 16.4. The van der Waals surface area contributed by atoms with Crippen LogP contribution in [0.3, 0.4) is 0 Å². The van der Waals surface area contributed by atoms with E-state index in [1.165, 1.54) is 6.07 Å². The van der Waals surface area contributed by atoms with Crippen molar-refractivity contribution in [2.75, 3.05) is 0 Å². The third-order valence-corrected chi connectivity index (χ3v) is 3.97. The Morgan fingerprint density at radius 2 is 2.17 bits per heavy atom. The number of carbonyl (C=O) groups is 1. The Labute approximate surface area is 138 Å². The fourth-order valence-corrected chi connectivity index (χ4v) is 2.89. The van der Waals surface area contributed by atoms with Gasteiger partial charge in [0, 0.05) is 18.2 Å². The summed E-state index contributed by atoms with van der Waals surface area (Å²) in [5.41, 5.74) is 1.46. The molecule has 1 aliphatic rings. The zero-order valence-corrected chi connectivity index (χ0v) is 13.7. The number of amides is 1. The van der Waals surface area contributed by atoms with Crippen LogP contribution >= 0.6 is 0 Å². The number of halogens is 2. The van der Waals surface area contributed by atoms with Crippen LogP contribution in [-0.2, 0) is 0 Å². The second-order valence-electron chi connectivity index (χ2n) is 6.59. The van der Waals surface area contributed by atoms with Crippen molar-refractivity contribution in [1.29, 1.82) is 0 Å². The molecule has 0 fully saturated rings. The van der Waals surface area contributed by atoms with E-state index >= 15 is 0 Å². The van der Waals surface area contributed by atoms with Gasteiger partial charge in [-0.1, -0.05) is 12.1 Å². The predicted octanol–water partition coefficient (Wildman–Crippen LogP) is 3.62. The van der Waals surface area contributed by atoms with Gasteiger partial charge in [-0.25, -0.2) is 4.68 Å². The number of aromatic nitrogens is 2. The number of alkyl halides is 2. The van der Waals surface area contributed by atoms with E-state index in [9.17, 15) is 13.6 Å². The van der Waals surface area contributed by atoms with Gasteiger partial charge in [0.1, 0.15) is 17.0 Å². The average Bonchev–Trinajstić information content (AvgIpc) is 2.95. The van der Waals surface area contributed by atoms with Crippen molar-refractivity contribution in [3.05, 3.63) is 47.3 Å². The fourth-order valence-electron chi connectivity index (χ4n) is 2.89. The average molecular weight is 335 g/mol. The number of aryl methyl sites for hydroxylation is 1. The van der Waals surface area contributed by atoms with Crippen molar-refractivity contribution in [1.82, 2.24) is 15.1 Å². The Bertz CT molecular complexity index is 771. The molecule has 0 saturated carbocycles. The topological polar surface area (TPSA) is 56.1 Å². The van der Waals surface area contributed by atoms with Gasteiger partial charge in [0.25, 0.3) is 5.91 Å². The molecule has 0 radical (unpaired) electrons. The van der Waals surface area contributed by atoms with Crippen molar-refractivity contribution < 1.29 is 18.3 Å². The summed E-state index contributed by atoms with van der Waals surface area (Å²) in [5, 5.41) is 6.48. The molecule has 0 aliphatic carbocycles. The number of hydrogen-bond acceptors (Lipinski definition) is 3. The van der Waals surface area contributed by atoms with E-state index in [0.717, 1.165) is 23.1 Å². The molecule has 7 heteroatoms. The van der Waals surface area contributed by atoms with E-state index in [4.69, 9.17) is 4.74 Å². The summed E-state index contributed by atoms with van der Waals surface area (Å²) in [6.07, 6.45) is 1.66. The summed E-state index contributed by atoms with van der Waals surface area (Å²) in [4.78, 5) is 12.4. The molecule has 2 aromatic rings. The van der Waals surface area contributed by atoms with E-state index in [2.05, 4.69) is 10.4 Å². The maximum Gasteiger partial charge on any atom is 0.333 e. The smallest absolute Gasteiger partial charge is 0.333 e. The number of carbonyl (C=O) groups excluding carboxylic acids is 1. The number of nitrogens with zero attached hydrogens (tertiary/aromatic N) is 2. The maximum atomic E-state index is 12.6. The van der Waals surface area contributed by atoms with E-state index < -0.39 is 18.1 Å². The molecule has 128 valence electrons. The first-order valence-corrected chi connectivity index (χ1v) is 7.69. The van der Waals surface area contributed by atoms with Crippen LogP contribution in [0.25, 0.3) is 0 Å². The summed E-state index contributed by atoms with van der Waals surface area (Å²) >= 11 is 0. The molecule has 2 heterocycles. The third kappa shape index (κ3) is 3.25. The fraction of sp³-hybridized carbons (Fsp3) is 0.412. The molecule has 1 aromatic heterocycles. The first-order valence-electron chi connectivity index (χ1n) is 7.69. The molecule has 0 unspecified atom stereocenters. The molecule has 1 amide bonds. The molecule has 1 aliphatic heterocycles. The lowest BCUT2D eigenvalue weighted by Crippen LogP contribution is -2.41. The van der Waals surface area contributed by atoms with Crippen LogP contribution in [0.1, 0.15) is 54.5 Å². The van der Waals surface area contributed by atoms with Crippen LogP contribution in [-0.4, -0.2) is 21.3 Å². The van der Waals surface area contributed by atoms with E-state index in [-0.39, 0.29) is 11.7 Å². The highest BCUT2D eigenvalue weighted by Crippen LogP contribution is 2.39. The minimum absolute atomic E-state index is 0.0340. The van der Waals surface area contributed by atoms with Crippen molar-refractivity contribution >= 4 is 5.91 Å². The van der Waals surface area contributed by atoms with Gasteiger partial charge in [0.2, 0.25) is 0 Å². The van der Waals surface area contributed by atoms with Crippen LogP contribution in [0, 0.1) is 6.92 Å². The second kappa shape index (κ2) is 5.89. The highest BCUT2D eigenvalue weighted by molar-refractivity contribution is 5.92. The van der Waals surface area contributed by atoms with Crippen molar-refractivity contribution in [3.8, 4) is 5.75 Å². The van der Waals surface area contributed by atoms with Gasteiger partial charge < -0.3 is 10.1 Å². The third-order valence-electron chi connectivity index (χ3n) is 3.97. The molecule has 0 spiro atoms. The zero-order valence-electron chi connectivity index (χ0n) is 13.7. The van der Waals surface area contributed by atoms with Crippen molar-refractivity contribution in [2.45, 2.75) is 45.4 Å². The van der Waals surface area contributed by atoms with Crippen LogP contribution < -0.4 is 10.1 Å². The number of hydrogen-bond donors (Lipinski definition) is 1. The number of fused-ring (bicyclic) bond motifs is 1. The van der Waals surface area contributed by atoms with Crippen molar-refractivity contribution in [2.24, 2.45) is 0 Å². The van der Waals surface area contributed by atoms with Gasteiger partial charge >= 0.3 is 6.55 Å². The lowest BCUT2D eigenvalue weighted by Gasteiger charge is -2.38. The van der Waals surface area contributed by atoms with Gasteiger partial charge in [-0.15, -0.1) is 0 Å². The SMILES string of the molecule is Cc1ccc2c(c1)OC(C)(C)C[C@@H]2NC(=O)c1ccn(C(F)F)n1. The van der Waals surface area contributed by atoms with Gasteiger partial charge in [-0.2, -0.15) is 13.9 Å². The summed E-state index contributed by atoms with van der Waals surface area (Å²) in [5.74, 6) is 0.248. The standard InChI is InChI=1S/C17H19F2N3O2/c1-10-4-5-11-13(9-17(2,3)24-14(11)8-10)20-15(23)12-6-7-22(21-12)16(18)19/h4-8,13,16H,9H2,1-3H3,(H,20,23)/t13-/m0/s1. The monoisotopic (exact) mass is 335 g/mol. The second-order valence-corrected chi connectivity index (χ2v) is 6.59. The minimum Gasteiger partial charge on any atom is -0.487 e. The van der Waals surface area contributed by atoms with Gasteiger partial charge in [0.05, 0.1) is 6.04 Å². The molecular formula is C17H19F2N3O2. The van der Waals surface area contributed by atoms with Crippen LogP contribution in [0.15, 0.2) is 30.5 Å². The largest absolute Gasteiger partial charge is 0.487 e. The van der Waals surface area contributed by atoms with E-state index in [1.807, 2.05) is 39.0 Å². The molecule has 1 atom stereocenters. The van der Waals surface area contributed by atoms with Crippen LogP contribution in [0.2, 0.25) is 0 Å². The molecule has 24 heavy (non-hydrogen) atoms. The number of nitrogens with one attached hydrogen (secondary N) is 1. The summed E-state index contributed by atoms with van der Waals surface area (Å²) in [7, 11) is 0. The summed E-state index contributed by atoms with van der Waals surface area (Å²) < 4.78 is 31.6. The zero-order chi connectivity index (χ0) is 17.5. The number of ether oxygens (including phenoxy) is 1. The van der Waals surface area contributed by atoms with Crippen LogP contribution in [0.4, 0.5) is 8.78 Å². The lowest BCUT2D eigenvalue weighted by atomic mass is 9.89. The Morgan fingerprint density at radius 1 is 1.42 bits per heavy atom. The maximum absolute atomic E-state index is 12.6. The Morgan fingerprint density at radius 3 is 2.83 bits per heavy atom. The Hall–Kier alpha value is -2.44. The van der Waals surface area contributed by atoms with Gasteiger partial charge in [-0.05, 0) is 38.5 Å². The normalized spacial score (nSPS) is 18.8. The van der Waals surface area contributed by atoms with Crippen molar-refractivity contribution in [3.63, 3.8) is 0 Å². The van der Waals surface area contributed by atoms with E-state index in [0.29, 0.717) is 11.1 Å². The predicted molar refractivity (Wildman–Crippen MR) is 84.2 cm³/mol. The quantitative estimate of drug-likeness (QED) is 0.932. The molecule has 1 aromatic carbocycles. The highest BCUT2D eigenvalue weighted by Gasteiger charge is 2.35. The lowest BCUT2D eigenvalue weighted by molar-refractivity contribution is 0.0553. The molecule has 5 nitrogen and oxygen atoms in total. The van der Waals surface area contributed by atoms with Gasteiger partial charge in [-0.3, -0.25) is 4.79 Å². The summed E-state index contributed by atoms with van der Waals surface area (Å²) in [6.45, 7) is 3.10. The number of rotatable bonds is 3. The Balaban J connectivity index is 1.85. The summed E-state index contributed by atoms with van der Waals surface area (Å²) in [6, 6.07) is 6.81. The van der Waals surface area contributed by atoms with E-state index in [1.54, 1.807) is 0 Å². The highest BCUT2D eigenvalue weighted by atomic mass is 19.3. The molecule has 0 saturated heterocycles. The molecule has 3 rings (SSSR count). The minimum atomic E-state index is -2.77. The molecular weight excluding hydrogens is 316 g/mol. The molecule has 1 N–H and O–H groups in total. The Kier molecular flexibility index (Phi) is 4.03. The van der Waals surface area contributed by atoms with Crippen LogP contribution in [0.5, 0.6) is 5.75 Å². The number of benzene rings is 1.